The van der Waals surface area contributed by atoms with E-state index in [4.69, 9.17) is 5.11 Å². The van der Waals surface area contributed by atoms with Crippen LogP contribution >= 0.6 is 11.8 Å². The van der Waals surface area contributed by atoms with E-state index in [0.29, 0.717) is 11.8 Å². The third-order valence-corrected chi connectivity index (χ3v) is 4.93. The molecule has 1 saturated heterocycles. The summed E-state index contributed by atoms with van der Waals surface area (Å²) in [5.74, 6) is -1.33. The number of halogens is 1. The first-order chi connectivity index (χ1) is 9.90. The summed E-state index contributed by atoms with van der Waals surface area (Å²) in [4.78, 5) is 24.7. The van der Waals surface area contributed by atoms with Crippen LogP contribution in [-0.2, 0) is 0 Å². The lowest BCUT2D eigenvalue weighted by molar-refractivity contribution is 0.0692. The summed E-state index contributed by atoms with van der Waals surface area (Å²) in [6.07, 6.45) is 0. The van der Waals surface area contributed by atoms with E-state index in [2.05, 4.69) is 12.2 Å². The Hall–Kier alpha value is -1.76. The fraction of sp³-hybridized carbons (Fsp3) is 0.429. The molecule has 2 amide bonds. The van der Waals surface area contributed by atoms with Crippen molar-refractivity contribution in [3.8, 4) is 0 Å². The average molecular weight is 312 g/mol. The van der Waals surface area contributed by atoms with E-state index < -0.39 is 17.3 Å². The Morgan fingerprint density at radius 2 is 2.14 bits per heavy atom. The maximum atomic E-state index is 13.6. The summed E-state index contributed by atoms with van der Waals surface area (Å²) in [5, 5.41) is 11.7. The predicted molar refractivity (Wildman–Crippen MR) is 80.5 cm³/mol. The molecule has 5 nitrogen and oxygen atoms in total. The van der Waals surface area contributed by atoms with Gasteiger partial charge < -0.3 is 15.3 Å². The SMILES string of the molecule is CC1SCCN(C(=O)Nc2ccc(C(=O)O)c(F)c2)C1C. The second-order valence-electron chi connectivity index (χ2n) is 4.94. The van der Waals surface area contributed by atoms with Crippen LogP contribution in [0.2, 0.25) is 0 Å². The first-order valence-corrected chi connectivity index (χ1v) is 7.67. The van der Waals surface area contributed by atoms with Gasteiger partial charge in [0.25, 0.3) is 0 Å². The highest BCUT2D eigenvalue weighted by Crippen LogP contribution is 2.25. The number of carbonyl (C=O) groups is 2. The summed E-state index contributed by atoms with van der Waals surface area (Å²) in [5.41, 5.74) is -0.162. The molecular weight excluding hydrogens is 295 g/mol. The molecule has 1 fully saturated rings. The summed E-state index contributed by atoms with van der Waals surface area (Å²) >= 11 is 1.81. The van der Waals surface area contributed by atoms with Crippen LogP contribution in [0.4, 0.5) is 14.9 Å². The van der Waals surface area contributed by atoms with E-state index in [1.165, 1.54) is 6.07 Å². The minimum absolute atomic E-state index is 0.0897. The molecule has 7 heteroatoms. The summed E-state index contributed by atoms with van der Waals surface area (Å²) in [6.45, 7) is 4.68. The largest absolute Gasteiger partial charge is 0.478 e. The van der Waals surface area contributed by atoms with Gasteiger partial charge in [0.15, 0.2) is 0 Å². The van der Waals surface area contributed by atoms with Gasteiger partial charge in [0, 0.05) is 29.3 Å². The normalized spacial score (nSPS) is 22.0. The molecule has 0 bridgehead atoms. The number of benzene rings is 1. The second kappa shape index (κ2) is 6.34. The molecule has 2 unspecified atom stereocenters. The lowest BCUT2D eigenvalue weighted by Gasteiger charge is -2.37. The number of carboxylic acid groups (broad SMARTS) is 1. The van der Waals surface area contributed by atoms with E-state index in [1.807, 2.05) is 18.7 Å². The molecule has 1 aliphatic heterocycles. The molecule has 114 valence electrons. The monoisotopic (exact) mass is 312 g/mol. The fourth-order valence-corrected chi connectivity index (χ4v) is 3.28. The van der Waals surface area contributed by atoms with Crippen LogP contribution in [0.15, 0.2) is 18.2 Å². The van der Waals surface area contributed by atoms with Crippen molar-refractivity contribution in [1.29, 1.82) is 0 Å². The number of rotatable bonds is 2. The number of hydrogen-bond donors (Lipinski definition) is 2. The Balaban J connectivity index is 2.09. The van der Waals surface area contributed by atoms with Crippen molar-refractivity contribution in [2.75, 3.05) is 17.6 Å². The number of carbonyl (C=O) groups excluding carboxylic acids is 1. The number of nitrogens with one attached hydrogen (secondary N) is 1. The highest BCUT2D eigenvalue weighted by molar-refractivity contribution is 8.00. The number of anilines is 1. The van der Waals surface area contributed by atoms with Gasteiger partial charge in [-0.1, -0.05) is 6.92 Å². The molecule has 1 aromatic carbocycles. The van der Waals surface area contributed by atoms with Gasteiger partial charge in [-0.3, -0.25) is 0 Å². The Morgan fingerprint density at radius 3 is 2.76 bits per heavy atom. The standard InChI is InChI=1S/C14H17FN2O3S/c1-8-9(2)21-6-5-17(8)14(20)16-10-3-4-11(13(18)19)12(15)7-10/h3-4,7-9H,5-6H2,1-2H3,(H,16,20)(H,18,19). The van der Waals surface area contributed by atoms with E-state index in [1.54, 1.807) is 4.90 Å². The predicted octanol–water partition coefficient (Wildman–Crippen LogP) is 2.88. The third-order valence-electron chi connectivity index (χ3n) is 3.60. The fourth-order valence-electron chi connectivity index (χ4n) is 2.18. The number of aromatic carboxylic acids is 1. The van der Waals surface area contributed by atoms with Gasteiger partial charge in [-0.15, -0.1) is 0 Å². The van der Waals surface area contributed by atoms with Gasteiger partial charge >= 0.3 is 12.0 Å². The van der Waals surface area contributed by atoms with Crippen LogP contribution in [0, 0.1) is 5.82 Å². The molecule has 21 heavy (non-hydrogen) atoms. The molecule has 1 heterocycles. The molecule has 2 rings (SSSR count). The zero-order valence-electron chi connectivity index (χ0n) is 11.8. The van der Waals surface area contributed by atoms with Gasteiger partial charge in [-0.05, 0) is 25.1 Å². The van der Waals surface area contributed by atoms with Crippen LogP contribution in [0.25, 0.3) is 0 Å². The average Bonchev–Trinajstić information content (AvgIpc) is 2.41. The maximum Gasteiger partial charge on any atom is 0.338 e. The Morgan fingerprint density at radius 1 is 1.43 bits per heavy atom. The molecular formula is C14H17FN2O3S. The van der Waals surface area contributed by atoms with Crippen molar-refractivity contribution in [2.45, 2.75) is 25.1 Å². The first kappa shape index (κ1) is 15.6. The second-order valence-corrected chi connectivity index (χ2v) is 6.42. The molecule has 2 N–H and O–H groups in total. The minimum atomic E-state index is -1.33. The van der Waals surface area contributed by atoms with Crippen LogP contribution in [0.1, 0.15) is 24.2 Å². The van der Waals surface area contributed by atoms with Crippen LogP contribution in [-0.4, -0.2) is 45.6 Å². The minimum Gasteiger partial charge on any atom is -0.478 e. The zero-order valence-corrected chi connectivity index (χ0v) is 12.6. The molecule has 0 radical (unpaired) electrons. The Kier molecular flexibility index (Phi) is 4.72. The quantitative estimate of drug-likeness (QED) is 0.881. The summed E-state index contributed by atoms with van der Waals surface area (Å²) in [6, 6.07) is 3.35. The highest BCUT2D eigenvalue weighted by atomic mass is 32.2. The van der Waals surface area contributed by atoms with Gasteiger partial charge in [-0.25, -0.2) is 14.0 Å². The van der Waals surface area contributed by atoms with Crippen LogP contribution in [0.5, 0.6) is 0 Å². The molecule has 0 spiro atoms. The topological polar surface area (TPSA) is 69.6 Å². The molecule has 0 aromatic heterocycles. The van der Waals surface area contributed by atoms with Crippen LogP contribution < -0.4 is 5.32 Å². The summed E-state index contributed by atoms with van der Waals surface area (Å²) < 4.78 is 13.6. The zero-order chi connectivity index (χ0) is 15.6. The number of hydrogen-bond acceptors (Lipinski definition) is 3. The summed E-state index contributed by atoms with van der Waals surface area (Å²) in [7, 11) is 0. The highest BCUT2D eigenvalue weighted by Gasteiger charge is 2.29. The van der Waals surface area contributed by atoms with Crippen molar-refractivity contribution >= 4 is 29.4 Å². The van der Waals surface area contributed by atoms with Crippen molar-refractivity contribution in [2.24, 2.45) is 0 Å². The van der Waals surface area contributed by atoms with Gasteiger partial charge in [-0.2, -0.15) is 11.8 Å². The van der Waals surface area contributed by atoms with E-state index in [9.17, 15) is 14.0 Å². The van der Waals surface area contributed by atoms with E-state index >= 15 is 0 Å². The lowest BCUT2D eigenvalue weighted by atomic mass is 10.2. The van der Waals surface area contributed by atoms with Gasteiger partial charge in [0.2, 0.25) is 0 Å². The van der Waals surface area contributed by atoms with Crippen molar-refractivity contribution in [3.05, 3.63) is 29.6 Å². The van der Waals surface area contributed by atoms with Gasteiger partial charge in [0.1, 0.15) is 5.82 Å². The number of thioether (sulfide) groups is 1. The number of amides is 2. The first-order valence-electron chi connectivity index (χ1n) is 6.62. The molecule has 1 aliphatic rings. The van der Waals surface area contributed by atoms with Crippen LogP contribution in [0.3, 0.4) is 0 Å². The van der Waals surface area contributed by atoms with E-state index in [-0.39, 0.29) is 17.8 Å². The Bertz CT molecular complexity index is 567. The molecule has 0 saturated carbocycles. The maximum absolute atomic E-state index is 13.6. The lowest BCUT2D eigenvalue weighted by Crippen LogP contribution is -2.49. The molecule has 0 aliphatic carbocycles. The molecule has 2 atom stereocenters. The Labute approximate surface area is 126 Å². The van der Waals surface area contributed by atoms with E-state index in [0.717, 1.165) is 17.9 Å². The van der Waals surface area contributed by atoms with Crippen molar-refractivity contribution in [1.82, 2.24) is 4.90 Å². The number of urea groups is 1. The number of nitrogens with zero attached hydrogens (tertiary/aromatic N) is 1. The number of carboxylic acids is 1. The van der Waals surface area contributed by atoms with Crippen molar-refractivity contribution in [3.63, 3.8) is 0 Å². The third kappa shape index (κ3) is 3.47. The van der Waals surface area contributed by atoms with Gasteiger partial charge in [0.05, 0.1) is 5.56 Å². The van der Waals surface area contributed by atoms with Crippen molar-refractivity contribution < 1.29 is 19.1 Å². The smallest absolute Gasteiger partial charge is 0.338 e. The molecule has 1 aromatic rings.